The van der Waals surface area contributed by atoms with Gasteiger partial charge in [0.15, 0.2) is 0 Å². The van der Waals surface area contributed by atoms with Gasteiger partial charge in [-0.25, -0.2) is 0 Å². The highest BCUT2D eigenvalue weighted by atomic mass is 16.5. The summed E-state index contributed by atoms with van der Waals surface area (Å²) in [6.07, 6.45) is 1.38. The smallest absolute Gasteiger partial charge is 0.134 e. The third kappa shape index (κ3) is 8.19. The highest BCUT2D eigenvalue weighted by Gasteiger charge is 2.24. The van der Waals surface area contributed by atoms with Crippen LogP contribution in [0.1, 0.15) is 75.2 Å². The van der Waals surface area contributed by atoms with E-state index in [0.717, 1.165) is 67.4 Å². The Morgan fingerprint density at radius 2 is 0.750 bits per heavy atom. The maximum atomic E-state index is 6.24. The van der Waals surface area contributed by atoms with Gasteiger partial charge in [0, 0.05) is 46.5 Å². The van der Waals surface area contributed by atoms with Crippen molar-refractivity contribution in [2.24, 2.45) is 0 Å². The molecule has 7 rings (SSSR count). The minimum atomic E-state index is -0.0487. The number of hydrogen-bond donors (Lipinski definition) is 0. The summed E-state index contributed by atoms with van der Waals surface area (Å²) in [6.45, 7) is 13.6. The van der Waals surface area contributed by atoms with Crippen molar-refractivity contribution in [3.63, 3.8) is 0 Å². The molecule has 0 atom stereocenters. The molecule has 0 spiro atoms. The fourth-order valence-electron chi connectivity index (χ4n) is 7.62. The average Bonchev–Trinajstić information content (AvgIpc) is 3.20. The van der Waals surface area contributed by atoms with E-state index in [4.69, 9.17) is 14.5 Å². The number of hydrogen-bond acceptors (Lipinski definition) is 3. The summed E-state index contributed by atoms with van der Waals surface area (Å²) in [5.74, 6) is 1.77. The molecule has 0 aliphatic rings. The van der Waals surface area contributed by atoms with Crippen LogP contribution in [0.25, 0.3) is 44.5 Å². The molecule has 0 radical (unpaired) electrons. The van der Waals surface area contributed by atoms with Crippen molar-refractivity contribution in [3.05, 3.63) is 185 Å². The first kappa shape index (κ1) is 38.3. The Morgan fingerprint density at radius 3 is 1.12 bits per heavy atom. The Balaban J connectivity index is 1.27. The molecular formula is C53H53NO2. The zero-order valence-electron chi connectivity index (χ0n) is 34.1. The highest BCUT2D eigenvalue weighted by Crippen LogP contribution is 2.45. The fourth-order valence-corrected chi connectivity index (χ4v) is 7.62. The molecule has 282 valence electrons. The number of rotatable bonds is 10. The third-order valence-electron chi connectivity index (χ3n) is 10.7. The van der Waals surface area contributed by atoms with E-state index in [0.29, 0.717) is 12.8 Å². The topological polar surface area (TPSA) is 31.4 Å². The summed E-state index contributed by atoms with van der Waals surface area (Å²) in [5.41, 5.74) is 15.9. The van der Waals surface area contributed by atoms with Crippen LogP contribution in [0, 0.1) is 0 Å². The van der Waals surface area contributed by atoms with E-state index in [1.165, 1.54) is 22.3 Å². The minimum Gasteiger partial charge on any atom is -0.495 e. The number of pyridine rings is 1. The second-order valence-corrected chi connectivity index (χ2v) is 16.7. The predicted octanol–water partition coefficient (Wildman–Crippen LogP) is 13.5. The molecule has 0 bridgehead atoms. The molecule has 0 aliphatic carbocycles. The van der Waals surface area contributed by atoms with E-state index < -0.39 is 0 Å². The SMILES string of the molecule is COc1c(-c2ccccc2)cc(C(C)(C)C)cc1-c1ccccc1Cc1cccc(Cc2ccccc2-c2cc(C(C)(C)C)cc(-c3ccccc3)c2OC)n1. The Labute approximate surface area is 334 Å². The Bertz CT molecular complexity index is 2280. The first-order valence-corrected chi connectivity index (χ1v) is 19.6. The molecule has 0 unspecified atom stereocenters. The van der Waals surface area contributed by atoms with Crippen LogP contribution in [0.5, 0.6) is 11.5 Å². The van der Waals surface area contributed by atoms with Gasteiger partial charge >= 0.3 is 0 Å². The normalized spacial score (nSPS) is 11.7. The van der Waals surface area contributed by atoms with Gasteiger partial charge in [-0.15, -0.1) is 0 Å². The van der Waals surface area contributed by atoms with Crippen LogP contribution >= 0.6 is 0 Å². The van der Waals surface area contributed by atoms with Crippen molar-refractivity contribution in [3.8, 4) is 56.0 Å². The largest absolute Gasteiger partial charge is 0.495 e. The number of benzene rings is 6. The van der Waals surface area contributed by atoms with Crippen molar-refractivity contribution < 1.29 is 9.47 Å². The number of methoxy groups -OCH3 is 2. The molecule has 0 fully saturated rings. The van der Waals surface area contributed by atoms with Crippen molar-refractivity contribution in [2.45, 2.75) is 65.2 Å². The van der Waals surface area contributed by atoms with Crippen LogP contribution in [0.15, 0.2) is 152 Å². The lowest BCUT2D eigenvalue weighted by molar-refractivity contribution is 0.417. The maximum Gasteiger partial charge on any atom is 0.134 e. The molecule has 0 saturated carbocycles. The van der Waals surface area contributed by atoms with Crippen LogP contribution in [0.4, 0.5) is 0 Å². The zero-order valence-corrected chi connectivity index (χ0v) is 34.1. The first-order chi connectivity index (χ1) is 26.9. The van der Waals surface area contributed by atoms with E-state index >= 15 is 0 Å². The molecule has 7 aromatic rings. The van der Waals surface area contributed by atoms with E-state index in [1.54, 1.807) is 14.2 Å². The Kier molecular flexibility index (Phi) is 11.0. The third-order valence-corrected chi connectivity index (χ3v) is 10.7. The van der Waals surface area contributed by atoms with Crippen LogP contribution in [0.2, 0.25) is 0 Å². The standard InChI is InChI=1S/C53H53NO2/c1-52(2,3)40-32-46(36-20-11-9-12-21-36)50(55-7)48(34-40)44-28-17-15-24-38(44)30-42-26-19-27-43(54-42)31-39-25-16-18-29-45(39)49-35-41(53(4,5)6)33-47(51(49)56-8)37-22-13-10-14-23-37/h9-29,32-35H,30-31H2,1-8H3. The molecule has 0 N–H and O–H groups in total. The molecule has 0 aliphatic heterocycles. The fraction of sp³-hybridized carbons (Fsp3) is 0.226. The van der Waals surface area contributed by atoms with E-state index in [-0.39, 0.29) is 10.8 Å². The number of aromatic nitrogens is 1. The number of nitrogens with zero attached hydrogens (tertiary/aromatic N) is 1. The lowest BCUT2D eigenvalue weighted by atomic mass is 9.82. The molecule has 6 aromatic carbocycles. The molecule has 3 nitrogen and oxygen atoms in total. The van der Waals surface area contributed by atoms with Gasteiger partial charge < -0.3 is 9.47 Å². The molecule has 0 amide bonds. The summed E-state index contributed by atoms with van der Waals surface area (Å²) in [4.78, 5) is 5.30. The Hall–Kier alpha value is -5.93. The first-order valence-electron chi connectivity index (χ1n) is 19.6. The van der Waals surface area contributed by atoms with E-state index in [2.05, 4.69) is 193 Å². The van der Waals surface area contributed by atoms with Crippen molar-refractivity contribution in [1.82, 2.24) is 4.98 Å². The van der Waals surface area contributed by atoms with Gasteiger partial charge in [0.2, 0.25) is 0 Å². The maximum absolute atomic E-state index is 6.24. The summed E-state index contributed by atoms with van der Waals surface area (Å²) in [7, 11) is 3.57. The van der Waals surface area contributed by atoms with Crippen LogP contribution in [-0.4, -0.2) is 19.2 Å². The Morgan fingerprint density at radius 1 is 0.393 bits per heavy atom. The number of ether oxygens (including phenoxy) is 2. The van der Waals surface area contributed by atoms with Gasteiger partial charge in [-0.1, -0.05) is 157 Å². The van der Waals surface area contributed by atoms with Crippen LogP contribution in [0.3, 0.4) is 0 Å². The van der Waals surface area contributed by atoms with Crippen molar-refractivity contribution >= 4 is 0 Å². The van der Waals surface area contributed by atoms with Gasteiger partial charge in [-0.2, -0.15) is 0 Å². The van der Waals surface area contributed by atoms with E-state index in [9.17, 15) is 0 Å². The quantitative estimate of drug-likeness (QED) is 0.140. The van der Waals surface area contributed by atoms with Crippen molar-refractivity contribution in [2.75, 3.05) is 14.2 Å². The predicted molar refractivity (Wildman–Crippen MR) is 235 cm³/mol. The van der Waals surface area contributed by atoms with Gasteiger partial charge in [0.1, 0.15) is 11.5 Å². The molecule has 1 heterocycles. The lowest BCUT2D eigenvalue weighted by Gasteiger charge is -2.25. The average molecular weight is 736 g/mol. The summed E-state index contributed by atoms with van der Waals surface area (Å²) in [5, 5.41) is 0. The minimum absolute atomic E-state index is 0.0487. The zero-order chi connectivity index (χ0) is 39.5. The molecular weight excluding hydrogens is 683 g/mol. The molecule has 0 saturated heterocycles. The van der Waals surface area contributed by atoms with Gasteiger partial charge in [-0.05, 0) is 91.7 Å². The summed E-state index contributed by atoms with van der Waals surface area (Å²) >= 11 is 0. The summed E-state index contributed by atoms with van der Waals surface area (Å²) < 4.78 is 12.5. The second-order valence-electron chi connectivity index (χ2n) is 16.7. The van der Waals surface area contributed by atoms with Gasteiger partial charge in [-0.3, -0.25) is 4.98 Å². The molecule has 56 heavy (non-hydrogen) atoms. The van der Waals surface area contributed by atoms with Gasteiger partial charge in [0.05, 0.1) is 14.2 Å². The second kappa shape index (κ2) is 16.0. The summed E-state index contributed by atoms with van der Waals surface area (Å²) in [6, 6.07) is 54.1. The van der Waals surface area contributed by atoms with Crippen LogP contribution in [-0.2, 0) is 23.7 Å². The molecule has 3 heteroatoms. The van der Waals surface area contributed by atoms with Gasteiger partial charge in [0.25, 0.3) is 0 Å². The van der Waals surface area contributed by atoms with Crippen LogP contribution < -0.4 is 9.47 Å². The van der Waals surface area contributed by atoms with E-state index in [1.807, 2.05) is 0 Å². The monoisotopic (exact) mass is 735 g/mol. The van der Waals surface area contributed by atoms with Crippen molar-refractivity contribution in [1.29, 1.82) is 0 Å². The molecule has 1 aromatic heterocycles. The lowest BCUT2D eigenvalue weighted by Crippen LogP contribution is -2.12. The highest BCUT2D eigenvalue weighted by molar-refractivity contribution is 5.86.